The molecular weight excluding hydrogens is 416 g/mol. The fraction of sp³-hybridized carbons (Fsp3) is 0.0588. The van der Waals surface area contributed by atoms with E-state index in [1.165, 1.54) is 27.6 Å². The predicted molar refractivity (Wildman–Crippen MR) is 107 cm³/mol. The Kier molecular flexibility index (Phi) is 4.19. The molecule has 0 fully saturated rings. The summed E-state index contributed by atoms with van der Waals surface area (Å²) in [6.45, 7) is 0.0856. The van der Waals surface area contributed by atoms with E-state index in [1.807, 2.05) is 17.5 Å². The van der Waals surface area contributed by atoms with E-state index in [-0.39, 0.29) is 18.4 Å². The van der Waals surface area contributed by atoms with Crippen molar-refractivity contribution in [1.29, 1.82) is 0 Å². The third-order valence-corrected chi connectivity index (χ3v) is 6.71. The first-order valence-corrected chi connectivity index (χ1v) is 10.6. The number of amides is 2. The summed E-state index contributed by atoms with van der Waals surface area (Å²) >= 11 is 4.28. The second-order valence-corrected chi connectivity index (χ2v) is 8.74. The highest BCUT2D eigenvalue weighted by atomic mass is 32.1. The number of nitrogens with zero attached hydrogens (tertiary/aromatic N) is 5. The van der Waals surface area contributed by atoms with Gasteiger partial charge in [0.05, 0.1) is 22.5 Å². The van der Waals surface area contributed by atoms with Crippen molar-refractivity contribution in [3.63, 3.8) is 0 Å². The average molecular weight is 427 g/mol. The lowest BCUT2D eigenvalue weighted by Crippen LogP contribution is -2.29. The van der Waals surface area contributed by atoms with E-state index in [0.29, 0.717) is 26.4 Å². The molecule has 1 aliphatic heterocycles. The summed E-state index contributed by atoms with van der Waals surface area (Å²) in [6, 6.07) is 10.7. The Morgan fingerprint density at radius 3 is 2.29 bits per heavy atom. The number of hydrogen-bond acceptors (Lipinski definition) is 10. The summed E-state index contributed by atoms with van der Waals surface area (Å²) in [4.78, 5) is 27.1. The zero-order chi connectivity index (χ0) is 19.1. The molecule has 4 aromatic rings. The number of hydrogen-bond donors (Lipinski definition) is 1. The van der Waals surface area contributed by atoms with Crippen molar-refractivity contribution in [3.05, 3.63) is 57.9 Å². The number of carbonyl (C=O) groups excluding carboxylic acids is 2. The van der Waals surface area contributed by atoms with Crippen LogP contribution in [0.25, 0.3) is 9.88 Å². The molecule has 8 nitrogen and oxygen atoms in total. The van der Waals surface area contributed by atoms with Gasteiger partial charge in [0.25, 0.3) is 11.8 Å². The summed E-state index contributed by atoms with van der Waals surface area (Å²) in [6.07, 6.45) is 0. The molecule has 5 rings (SSSR count). The molecular formula is C17H10N6O2S3. The van der Waals surface area contributed by atoms with Gasteiger partial charge < -0.3 is 5.32 Å². The highest BCUT2D eigenvalue weighted by Gasteiger charge is 2.35. The summed E-state index contributed by atoms with van der Waals surface area (Å²) in [5, 5.41) is 24.0. The Morgan fingerprint density at radius 2 is 1.57 bits per heavy atom. The van der Waals surface area contributed by atoms with Crippen LogP contribution in [0, 0.1) is 0 Å². The Hall–Kier alpha value is -3.02. The van der Waals surface area contributed by atoms with E-state index >= 15 is 0 Å². The van der Waals surface area contributed by atoms with Crippen LogP contribution in [-0.4, -0.2) is 37.1 Å². The van der Waals surface area contributed by atoms with Crippen LogP contribution in [0.3, 0.4) is 0 Å². The summed E-state index contributed by atoms with van der Waals surface area (Å²) in [5.74, 6) is -0.620. The lowest BCUT2D eigenvalue weighted by atomic mass is 10.1. The molecule has 0 unspecified atom stereocenters. The van der Waals surface area contributed by atoms with Gasteiger partial charge in [-0.25, -0.2) is 0 Å². The molecule has 4 heterocycles. The normalized spacial score (nSPS) is 13.2. The van der Waals surface area contributed by atoms with Gasteiger partial charge in [-0.15, -0.1) is 31.7 Å². The molecule has 0 aliphatic carbocycles. The lowest BCUT2D eigenvalue weighted by molar-refractivity contribution is 0.0642. The number of carbonyl (C=O) groups is 2. The Balaban J connectivity index is 1.30. The molecule has 1 aromatic carbocycles. The topological polar surface area (TPSA) is 101 Å². The van der Waals surface area contributed by atoms with E-state index in [2.05, 4.69) is 25.7 Å². The molecule has 0 saturated carbocycles. The lowest BCUT2D eigenvalue weighted by Gasteiger charge is -2.10. The van der Waals surface area contributed by atoms with Gasteiger partial charge >= 0.3 is 0 Å². The molecule has 1 aliphatic rings. The third-order valence-electron chi connectivity index (χ3n) is 4.01. The predicted octanol–water partition coefficient (Wildman–Crippen LogP) is 3.66. The third kappa shape index (κ3) is 2.99. The Bertz CT molecular complexity index is 1150. The van der Waals surface area contributed by atoms with Crippen molar-refractivity contribution in [2.24, 2.45) is 0 Å². The van der Waals surface area contributed by atoms with Crippen LogP contribution >= 0.6 is 34.0 Å². The van der Waals surface area contributed by atoms with Gasteiger partial charge in [-0.2, -0.15) is 0 Å². The molecule has 1 N–H and O–H groups in total. The van der Waals surface area contributed by atoms with Crippen LogP contribution in [0.5, 0.6) is 0 Å². The zero-order valence-corrected chi connectivity index (χ0v) is 16.5. The van der Waals surface area contributed by atoms with Crippen molar-refractivity contribution in [3.8, 4) is 9.88 Å². The van der Waals surface area contributed by atoms with E-state index in [4.69, 9.17) is 0 Å². The van der Waals surface area contributed by atoms with Crippen LogP contribution in [-0.2, 0) is 6.54 Å². The maximum Gasteiger partial charge on any atom is 0.261 e. The first-order chi connectivity index (χ1) is 13.7. The number of thiophene rings is 1. The largest absolute Gasteiger partial charge is 0.305 e. The molecule has 0 atom stereocenters. The van der Waals surface area contributed by atoms with Crippen molar-refractivity contribution >= 4 is 56.1 Å². The number of aromatic nitrogens is 4. The van der Waals surface area contributed by atoms with Crippen molar-refractivity contribution in [2.75, 3.05) is 5.32 Å². The van der Waals surface area contributed by atoms with Gasteiger partial charge in [0.15, 0.2) is 5.01 Å². The number of anilines is 2. The molecule has 0 radical (unpaired) electrons. The molecule has 3 aromatic heterocycles. The smallest absolute Gasteiger partial charge is 0.261 e. The van der Waals surface area contributed by atoms with Crippen LogP contribution in [0.4, 0.5) is 10.3 Å². The number of nitrogens with one attached hydrogen (secondary N) is 1. The van der Waals surface area contributed by atoms with Gasteiger partial charge in [0, 0.05) is 0 Å². The van der Waals surface area contributed by atoms with E-state index in [1.54, 1.807) is 35.6 Å². The number of rotatable bonds is 5. The quantitative estimate of drug-likeness (QED) is 0.486. The fourth-order valence-electron chi connectivity index (χ4n) is 2.75. The first kappa shape index (κ1) is 17.1. The van der Waals surface area contributed by atoms with Gasteiger partial charge in [0.1, 0.15) is 5.01 Å². The zero-order valence-electron chi connectivity index (χ0n) is 14.0. The number of benzene rings is 1. The van der Waals surface area contributed by atoms with Crippen molar-refractivity contribution < 1.29 is 9.59 Å². The highest BCUT2D eigenvalue weighted by Crippen LogP contribution is 2.32. The van der Waals surface area contributed by atoms with Crippen LogP contribution in [0.1, 0.15) is 25.7 Å². The Labute approximate surface area is 170 Å². The van der Waals surface area contributed by atoms with Crippen molar-refractivity contribution in [2.45, 2.75) is 6.54 Å². The minimum absolute atomic E-state index is 0.0856. The highest BCUT2D eigenvalue weighted by molar-refractivity contribution is 7.23. The summed E-state index contributed by atoms with van der Waals surface area (Å²) in [5.41, 5.74) is 0.843. The monoisotopic (exact) mass is 426 g/mol. The molecule has 28 heavy (non-hydrogen) atoms. The molecule has 11 heteroatoms. The van der Waals surface area contributed by atoms with Crippen LogP contribution in [0.2, 0.25) is 0 Å². The molecule has 0 bridgehead atoms. The number of imide groups is 1. The second kappa shape index (κ2) is 6.86. The van der Waals surface area contributed by atoms with Crippen LogP contribution < -0.4 is 5.32 Å². The van der Waals surface area contributed by atoms with Crippen molar-refractivity contribution in [1.82, 2.24) is 25.3 Å². The minimum atomic E-state index is -0.310. The SMILES string of the molecule is O=C1c2ccccc2C(=O)N1Cc1nnc(Nc2nnc(-c3cccs3)s2)s1. The summed E-state index contributed by atoms with van der Waals surface area (Å²) in [7, 11) is 0. The first-order valence-electron chi connectivity index (χ1n) is 8.11. The molecule has 0 saturated heterocycles. The van der Waals surface area contributed by atoms with Gasteiger partial charge in [0.2, 0.25) is 10.3 Å². The van der Waals surface area contributed by atoms with Crippen LogP contribution in [0.15, 0.2) is 41.8 Å². The van der Waals surface area contributed by atoms with Gasteiger partial charge in [-0.1, -0.05) is 40.9 Å². The van der Waals surface area contributed by atoms with E-state index in [0.717, 1.165) is 9.88 Å². The second-order valence-electron chi connectivity index (χ2n) is 5.76. The standard InChI is InChI=1S/C17H10N6O2S3/c24-14-9-4-1-2-5-10(9)15(25)23(14)8-12-19-21-16(27-12)18-17-22-20-13(28-17)11-6-3-7-26-11/h1-7H,8H2,(H,18,21,22). The van der Waals surface area contributed by atoms with Gasteiger partial charge in [-0.05, 0) is 23.6 Å². The van der Waals surface area contributed by atoms with Gasteiger partial charge in [-0.3, -0.25) is 14.5 Å². The minimum Gasteiger partial charge on any atom is -0.305 e. The summed E-state index contributed by atoms with van der Waals surface area (Å²) < 4.78 is 0. The molecule has 0 spiro atoms. The maximum atomic E-state index is 12.5. The number of fused-ring (bicyclic) bond motifs is 1. The maximum absolute atomic E-state index is 12.5. The van der Waals surface area contributed by atoms with E-state index in [9.17, 15) is 9.59 Å². The fourth-order valence-corrected chi connectivity index (χ4v) is 5.08. The molecule has 2 amide bonds. The average Bonchev–Trinajstić information content (AvgIpc) is 3.49. The Morgan fingerprint density at radius 1 is 0.857 bits per heavy atom. The molecule has 138 valence electrons. The van der Waals surface area contributed by atoms with E-state index < -0.39 is 0 Å².